The molecule has 0 amide bonds. The van der Waals surface area contributed by atoms with Crippen LogP contribution >= 0.6 is 11.6 Å². The zero-order chi connectivity index (χ0) is 19.4. The Balaban J connectivity index is 1.85. The molecule has 0 saturated heterocycles. The van der Waals surface area contributed by atoms with E-state index >= 15 is 0 Å². The smallest absolute Gasteiger partial charge is 0.243 e. The monoisotopic (exact) mass is 403 g/mol. The summed E-state index contributed by atoms with van der Waals surface area (Å²) in [5.74, 6) is 0.561. The van der Waals surface area contributed by atoms with E-state index in [1.807, 2.05) is 6.92 Å². The number of hydrogen-bond donors (Lipinski definition) is 0. The van der Waals surface area contributed by atoms with Crippen molar-refractivity contribution in [2.45, 2.75) is 18.4 Å². The van der Waals surface area contributed by atoms with Gasteiger partial charge in [-0.25, -0.2) is 8.42 Å². The molecule has 3 rings (SSSR count). The molecule has 2 aromatic carbocycles. The van der Waals surface area contributed by atoms with Crippen LogP contribution in [0.25, 0.3) is 11.4 Å². The Morgan fingerprint density at radius 1 is 1.15 bits per heavy atom. The standard InChI is InChI=1S/C19H18ClN3O3S/c1-3-12-23(27(24,25)17-10-4-14(2)5-11-17)13-18-21-19(22-26-18)15-6-8-16(20)9-7-15/h3-11H,1,12-13H2,2H3. The van der Waals surface area contributed by atoms with Gasteiger partial charge in [-0.3, -0.25) is 0 Å². The molecular formula is C19H18ClN3O3S. The second-order valence-electron chi connectivity index (χ2n) is 5.92. The Morgan fingerprint density at radius 3 is 2.44 bits per heavy atom. The molecule has 0 radical (unpaired) electrons. The van der Waals surface area contributed by atoms with Crippen LogP contribution in [-0.4, -0.2) is 29.4 Å². The lowest BCUT2D eigenvalue weighted by Crippen LogP contribution is -2.31. The Labute approximate surface area is 163 Å². The molecule has 0 spiro atoms. The van der Waals surface area contributed by atoms with E-state index in [9.17, 15) is 8.42 Å². The number of benzene rings is 2. The van der Waals surface area contributed by atoms with Gasteiger partial charge < -0.3 is 4.52 Å². The van der Waals surface area contributed by atoms with Crippen molar-refractivity contribution in [1.82, 2.24) is 14.4 Å². The molecule has 0 unspecified atom stereocenters. The number of nitrogens with zero attached hydrogens (tertiary/aromatic N) is 3. The summed E-state index contributed by atoms with van der Waals surface area (Å²) < 4.78 is 32.3. The van der Waals surface area contributed by atoms with Crippen LogP contribution in [0.15, 0.2) is 70.6 Å². The lowest BCUT2D eigenvalue weighted by atomic mass is 10.2. The van der Waals surface area contributed by atoms with Crippen molar-refractivity contribution in [2.24, 2.45) is 0 Å². The van der Waals surface area contributed by atoms with Crippen molar-refractivity contribution in [3.8, 4) is 11.4 Å². The third-order valence-electron chi connectivity index (χ3n) is 3.87. The van der Waals surface area contributed by atoms with Gasteiger partial charge in [0.15, 0.2) is 0 Å². The number of aryl methyl sites for hydroxylation is 1. The van der Waals surface area contributed by atoms with Gasteiger partial charge >= 0.3 is 0 Å². The first-order chi connectivity index (χ1) is 12.9. The SMILES string of the molecule is C=CCN(Cc1nc(-c2ccc(Cl)cc2)no1)S(=O)(=O)c1ccc(C)cc1. The zero-order valence-corrected chi connectivity index (χ0v) is 16.2. The van der Waals surface area contributed by atoms with E-state index in [-0.39, 0.29) is 23.9 Å². The van der Waals surface area contributed by atoms with Crippen LogP contribution in [0.4, 0.5) is 0 Å². The molecule has 27 heavy (non-hydrogen) atoms. The predicted octanol–water partition coefficient (Wildman–Crippen LogP) is 4.08. The first-order valence-electron chi connectivity index (χ1n) is 8.16. The summed E-state index contributed by atoms with van der Waals surface area (Å²) in [6, 6.07) is 13.6. The molecule has 3 aromatic rings. The fourth-order valence-corrected chi connectivity index (χ4v) is 3.92. The Bertz CT molecular complexity index is 1030. The van der Waals surface area contributed by atoms with Crippen LogP contribution in [0.3, 0.4) is 0 Å². The third-order valence-corrected chi connectivity index (χ3v) is 5.95. The Hall–Kier alpha value is -2.48. The highest BCUT2D eigenvalue weighted by atomic mass is 35.5. The van der Waals surface area contributed by atoms with Gasteiger partial charge in [-0.1, -0.05) is 40.5 Å². The van der Waals surface area contributed by atoms with Crippen LogP contribution in [0, 0.1) is 6.92 Å². The minimum Gasteiger partial charge on any atom is -0.338 e. The van der Waals surface area contributed by atoms with Crippen LogP contribution < -0.4 is 0 Å². The van der Waals surface area contributed by atoms with Crippen molar-refractivity contribution < 1.29 is 12.9 Å². The van der Waals surface area contributed by atoms with Gasteiger partial charge in [0, 0.05) is 17.1 Å². The molecular weight excluding hydrogens is 386 g/mol. The van der Waals surface area contributed by atoms with Crippen molar-refractivity contribution in [2.75, 3.05) is 6.54 Å². The maximum Gasteiger partial charge on any atom is 0.243 e. The van der Waals surface area contributed by atoms with Crippen molar-refractivity contribution in [3.05, 3.63) is 77.7 Å². The van der Waals surface area contributed by atoms with E-state index in [4.69, 9.17) is 16.1 Å². The van der Waals surface area contributed by atoms with Crippen LogP contribution in [0.1, 0.15) is 11.5 Å². The van der Waals surface area contributed by atoms with E-state index < -0.39 is 10.0 Å². The summed E-state index contributed by atoms with van der Waals surface area (Å²) >= 11 is 5.88. The molecule has 0 atom stereocenters. The van der Waals surface area contributed by atoms with E-state index in [0.717, 1.165) is 11.1 Å². The summed E-state index contributed by atoms with van der Waals surface area (Å²) in [7, 11) is -3.72. The van der Waals surface area contributed by atoms with Gasteiger partial charge in [0.1, 0.15) is 0 Å². The minimum atomic E-state index is -3.72. The second-order valence-corrected chi connectivity index (χ2v) is 8.29. The average Bonchev–Trinajstić information content (AvgIpc) is 3.11. The van der Waals surface area contributed by atoms with Gasteiger partial charge in [-0.15, -0.1) is 6.58 Å². The first-order valence-corrected chi connectivity index (χ1v) is 9.98. The molecule has 0 saturated carbocycles. The van der Waals surface area contributed by atoms with Crippen LogP contribution in [0.2, 0.25) is 5.02 Å². The normalized spacial score (nSPS) is 11.7. The second kappa shape index (κ2) is 8.04. The van der Waals surface area contributed by atoms with E-state index in [2.05, 4.69) is 16.7 Å². The maximum absolute atomic E-state index is 12.9. The fourth-order valence-electron chi connectivity index (χ4n) is 2.44. The van der Waals surface area contributed by atoms with Gasteiger partial charge in [0.2, 0.25) is 21.7 Å². The van der Waals surface area contributed by atoms with Gasteiger partial charge in [0.25, 0.3) is 0 Å². The molecule has 1 heterocycles. The molecule has 0 aliphatic carbocycles. The lowest BCUT2D eigenvalue weighted by Gasteiger charge is -2.18. The summed E-state index contributed by atoms with van der Waals surface area (Å²) in [5.41, 5.74) is 1.71. The van der Waals surface area contributed by atoms with Crippen molar-refractivity contribution in [1.29, 1.82) is 0 Å². The predicted molar refractivity (Wildman–Crippen MR) is 104 cm³/mol. The summed E-state index contributed by atoms with van der Waals surface area (Å²) in [6.45, 7) is 5.60. The minimum absolute atomic E-state index is 0.0528. The summed E-state index contributed by atoms with van der Waals surface area (Å²) in [4.78, 5) is 4.49. The third kappa shape index (κ3) is 4.44. The molecule has 8 heteroatoms. The van der Waals surface area contributed by atoms with Crippen molar-refractivity contribution in [3.63, 3.8) is 0 Å². The molecule has 6 nitrogen and oxygen atoms in total. The topological polar surface area (TPSA) is 76.3 Å². The highest BCUT2D eigenvalue weighted by Gasteiger charge is 2.25. The van der Waals surface area contributed by atoms with Crippen LogP contribution in [0.5, 0.6) is 0 Å². The number of sulfonamides is 1. The molecule has 0 fully saturated rings. The fraction of sp³-hybridized carbons (Fsp3) is 0.158. The molecule has 0 N–H and O–H groups in total. The van der Waals surface area contributed by atoms with E-state index in [0.29, 0.717) is 10.8 Å². The number of halogens is 1. The maximum atomic E-state index is 12.9. The highest BCUT2D eigenvalue weighted by Crippen LogP contribution is 2.21. The van der Waals surface area contributed by atoms with Gasteiger partial charge in [-0.05, 0) is 43.3 Å². The first kappa shape index (κ1) is 19.3. The lowest BCUT2D eigenvalue weighted by molar-refractivity contribution is 0.327. The number of rotatable bonds is 7. The van der Waals surface area contributed by atoms with Gasteiger partial charge in [0.05, 0.1) is 11.4 Å². The molecule has 1 aromatic heterocycles. The largest absolute Gasteiger partial charge is 0.338 e. The quantitative estimate of drug-likeness (QED) is 0.555. The molecule has 140 valence electrons. The Kier molecular flexibility index (Phi) is 5.74. The number of aromatic nitrogens is 2. The van der Waals surface area contributed by atoms with Gasteiger partial charge in [-0.2, -0.15) is 9.29 Å². The van der Waals surface area contributed by atoms with Crippen LogP contribution in [-0.2, 0) is 16.6 Å². The number of hydrogen-bond acceptors (Lipinski definition) is 5. The molecule has 0 aliphatic rings. The molecule has 0 aliphatic heterocycles. The van der Waals surface area contributed by atoms with E-state index in [1.165, 1.54) is 10.4 Å². The highest BCUT2D eigenvalue weighted by molar-refractivity contribution is 7.89. The Morgan fingerprint density at radius 2 is 1.81 bits per heavy atom. The summed E-state index contributed by atoms with van der Waals surface area (Å²) in [6.07, 6.45) is 1.52. The van der Waals surface area contributed by atoms with Crippen molar-refractivity contribution >= 4 is 21.6 Å². The molecule has 0 bridgehead atoms. The van der Waals surface area contributed by atoms with E-state index in [1.54, 1.807) is 48.5 Å². The summed E-state index contributed by atoms with van der Waals surface area (Å²) in [5, 5.41) is 4.52. The zero-order valence-electron chi connectivity index (χ0n) is 14.7. The average molecular weight is 404 g/mol.